The minimum atomic E-state index is 0.590. The zero-order valence-corrected chi connectivity index (χ0v) is 14.9. The third kappa shape index (κ3) is 3.57. The van der Waals surface area contributed by atoms with Gasteiger partial charge in [0.2, 0.25) is 0 Å². The lowest BCUT2D eigenvalue weighted by Gasteiger charge is -2.13. The average Bonchev–Trinajstić information content (AvgIpc) is 3.04. The molecule has 4 rings (SSSR count). The van der Waals surface area contributed by atoms with Gasteiger partial charge in [-0.05, 0) is 25.1 Å². The van der Waals surface area contributed by atoms with E-state index in [2.05, 4.69) is 27.8 Å². The van der Waals surface area contributed by atoms with Crippen molar-refractivity contribution >= 4 is 5.82 Å². The van der Waals surface area contributed by atoms with Gasteiger partial charge in [0.05, 0.1) is 24.1 Å². The lowest BCUT2D eigenvalue weighted by Crippen LogP contribution is -2.16. The van der Waals surface area contributed by atoms with Crippen LogP contribution >= 0.6 is 0 Å². The number of nitrogens with zero attached hydrogens (tertiary/aromatic N) is 5. The van der Waals surface area contributed by atoms with Gasteiger partial charge in [-0.3, -0.25) is 0 Å². The summed E-state index contributed by atoms with van der Waals surface area (Å²) in [6, 6.07) is 9.92. The second-order valence-corrected chi connectivity index (χ2v) is 6.33. The largest absolute Gasteiger partial charge is 0.364 e. The van der Waals surface area contributed by atoms with E-state index in [9.17, 15) is 0 Å². The molecule has 0 amide bonds. The van der Waals surface area contributed by atoms with E-state index >= 15 is 0 Å². The molecule has 3 aromatic rings. The van der Waals surface area contributed by atoms with Gasteiger partial charge in [0.1, 0.15) is 17.3 Å². The van der Waals surface area contributed by atoms with Crippen molar-refractivity contribution in [3.8, 4) is 5.69 Å². The van der Waals surface area contributed by atoms with E-state index in [1.807, 2.05) is 30.3 Å². The summed E-state index contributed by atoms with van der Waals surface area (Å²) in [5, 5.41) is 15.8. The Bertz CT molecular complexity index is 873. The molecule has 3 heterocycles. The molecule has 0 aliphatic carbocycles. The van der Waals surface area contributed by atoms with E-state index in [-0.39, 0.29) is 0 Å². The molecule has 0 saturated carbocycles. The summed E-state index contributed by atoms with van der Waals surface area (Å²) >= 11 is 0. The summed E-state index contributed by atoms with van der Waals surface area (Å²) in [5.74, 6) is 1.82. The maximum absolute atomic E-state index is 4.73. The van der Waals surface area contributed by atoms with E-state index in [1.165, 1.54) is 5.56 Å². The highest BCUT2D eigenvalue weighted by Gasteiger charge is 2.16. The molecule has 7 heteroatoms. The second-order valence-electron chi connectivity index (χ2n) is 6.33. The molecule has 2 aromatic heterocycles. The maximum Gasteiger partial charge on any atom is 0.133 e. The third-order valence-corrected chi connectivity index (χ3v) is 4.51. The molecule has 0 fully saturated rings. The summed E-state index contributed by atoms with van der Waals surface area (Å²) < 4.78 is 0. The number of hydrogen-bond donors (Lipinski definition) is 2. The van der Waals surface area contributed by atoms with Crippen LogP contribution in [0, 0.1) is 0 Å². The Kier molecular flexibility index (Phi) is 4.88. The molecule has 2 N–H and O–H groups in total. The maximum atomic E-state index is 4.73. The molecular formula is C19H23N7. The summed E-state index contributed by atoms with van der Waals surface area (Å²) in [4.78, 5) is 11.1. The number of aryl methyl sites for hydroxylation is 1. The Morgan fingerprint density at radius 3 is 2.81 bits per heavy atom. The highest BCUT2D eigenvalue weighted by atomic mass is 15.5. The molecule has 134 valence electrons. The molecule has 1 aliphatic rings. The molecule has 0 saturated heterocycles. The predicted molar refractivity (Wildman–Crippen MR) is 100 cm³/mol. The number of fused-ring (bicyclic) bond motifs is 1. The SMILES string of the molecule is CCc1nc2c(c(NCc3cnn(-c4ccccc4)n3)n1)CCNCC2. The minimum Gasteiger partial charge on any atom is -0.364 e. The van der Waals surface area contributed by atoms with Gasteiger partial charge < -0.3 is 10.6 Å². The number of aromatic nitrogens is 5. The second kappa shape index (κ2) is 7.61. The number of para-hydroxylation sites is 1. The fourth-order valence-electron chi connectivity index (χ4n) is 3.14. The van der Waals surface area contributed by atoms with Crippen molar-refractivity contribution < 1.29 is 0 Å². The van der Waals surface area contributed by atoms with Gasteiger partial charge in [0, 0.05) is 24.9 Å². The lowest BCUT2D eigenvalue weighted by atomic mass is 10.1. The van der Waals surface area contributed by atoms with Gasteiger partial charge in [0.15, 0.2) is 0 Å². The van der Waals surface area contributed by atoms with Gasteiger partial charge in [-0.1, -0.05) is 25.1 Å². The Morgan fingerprint density at radius 2 is 1.96 bits per heavy atom. The molecule has 0 radical (unpaired) electrons. The monoisotopic (exact) mass is 349 g/mol. The zero-order chi connectivity index (χ0) is 17.8. The topological polar surface area (TPSA) is 80.6 Å². The number of anilines is 1. The third-order valence-electron chi connectivity index (χ3n) is 4.51. The summed E-state index contributed by atoms with van der Waals surface area (Å²) in [5.41, 5.74) is 4.22. The highest BCUT2D eigenvalue weighted by molar-refractivity contribution is 5.48. The molecule has 1 aliphatic heterocycles. The molecule has 0 spiro atoms. The smallest absolute Gasteiger partial charge is 0.133 e. The number of nitrogens with one attached hydrogen (secondary N) is 2. The Balaban J connectivity index is 1.54. The average molecular weight is 349 g/mol. The van der Waals surface area contributed by atoms with Crippen LogP contribution in [0.1, 0.15) is 29.7 Å². The van der Waals surface area contributed by atoms with E-state index < -0.39 is 0 Å². The normalized spacial score (nSPS) is 13.9. The van der Waals surface area contributed by atoms with E-state index in [1.54, 1.807) is 11.0 Å². The zero-order valence-electron chi connectivity index (χ0n) is 14.9. The van der Waals surface area contributed by atoms with Gasteiger partial charge in [-0.2, -0.15) is 15.0 Å². The van der Waals surface area contributed by atoms with Crippen LogP contribution in [0.15, 0.2) is 36.5 Å². The summed E-state index contributed by atoms with van der Waals surface area (Å²) in [6.45, 7) is 4.61. The van der Waals surface area contributed by atoms with Gasteiger partial charge in [0.25, 0.3) is 0 Å². The fraction of sp³-hybridized carbons (Fsp3) is 0.368. The van der Waals surface area contributed by atoms with Crippen LogP contribution in [0.2, 0.25) is 0 Å². The van der Waals surface area contributed by atoms with Crippen LogP contribution in [0.25, 0.3) is 5.69 Å². The molecule has 0 bridgehead atoms. The molecular weight excluding hydrogens is 326 g/mol. The van der Waals surface area contributed by atoms with Crippen molar-refractivity contribution in [3.05, 3.63) is 59.3 Å². The van der Waals surface area contributed by atoms with Gasteiger partial charge >= 0.3 is 0 Å². The van der Waals surface area contributed by atoms with E-state index in [0.717, 1.165) is 61.1 Å². The first-order valence-electron chi connectivity index (χ1n) is 9.13. The quantitative estimate of drug-likeness (QED) is 0.732. The Morgan fingerprint density at radius 1 is 1.12 bits per heavy atom. The number of hydrogen-bond acceptors (Lipinski definition) is 6. The predicted octanol–water partition coefficient (Wildman–Crippen LogP) is 1.92. The minimum absolute atomic E-state index is 0.590. The Labute approximate surface area is 152 Å². The van der Waals surface area contributed by atoms with E-state index in [0.29, 0.717) is 6.54 Å². The first-order chi connectivity index (χ1) is 12.8. The molecule has 7 nitrogen and oxygen atoms in total. The van der Waals surface area contributed by atoms with Crippen LogP contribution in [0.4, 0.5) is 5.82 Å². The molecule has 0 unspecified atom stereocenters. The Hall–Kier alpha value is -2.80. The van der Waals surface area contributed by atoms with Crippen molar-refractivity contribution in [1.82, 2.24) is 30.3 Å². The number of rotatable bonds is 5. The van der Waals surface area contributed by atoms with Crippen LogP contribution in [0.3, 0.4) is 0 Å². The van der Waals surface area contributed by atoms with Gasteiger partial charge in [-0.25, -0.2) is 9.97 Å². The molecule has 0 atom stereocenters. The lowest BCUT2D eigenvalue weighted by molar-refractivity contribution is 0.708. The van der Waals surface area contributed by atoms with Crippen molar-refractivity contribution in [1.29, 1.82) is 0 Å². The van der Waals surface area contributed by atoms with Crippen molar-refractivity contribution in [3.63, 3.8) is 0 Å². The van der Waals surface area contributed by atoms with Crippen LogP contribution in [-0.4, -0.2) is 38.1 Å². The highest BCUT2D eigenvalue weighted by Crippen LogP contribution is 2.20. The first-order valence-corrected chi connectivity index (χ1v) is 9.13. The molecule has 1 aromatic carbocycles. The van der Waals surface area contributed by atoms with Crippen LogP contribution in [0.5, 0.6) is 0 Å². The van der Waals surface area contributed by atoms with Crippen molar-refractivity contribution in [2.24, 2.45) is 0 Å². The summed E-state index contributed by atoms with van der Waals surface area (Å²) in [6.07, 6.45) is 4.52. The molecule has 26 heavy (non-hydrogen) atoms. The standard InChI is InChI=1S/C19H23N7/c1-2-18-23-17-9-11-20-10-8-16(17)19(24-18)21-12-14-13-22-26(25-14)15-6-4-3-5-7-15/h3-7,13,20H,2,8-12H2,1H3,(H,21,23,24). The first kappa shape index (κ1) is 16.7. The van der Waals surface area contributed by atoms with Crippen molar-refractivity contribution in [2.75, 3.05) is 18.4 Å². The van der Waals surface area contributed by atoms with E-state index in [4.69, 9.17) is 9.97 Å². The summed E-state index contributed by atoms with van der Waals surface area (Å²) in [7, 11) is 0. The number of benzene rings is 1. The van der Waals surface area contributed by atoms with Crippen LogP contribution in [-0.2, 0) is 25.8 Å². The van der Waals surface area contributed by atoms with Crippen molar-refractivity contribution in [2.45, 2.75) is 32.7 Å². The fourth-order valence-corrected chi connectivity index (χ4v) is 3.14. The van der Waals surface area contributed by atoms with Gasteiger partial charge in [-0.15, -0.1) is 0 Å². The van der Waals surface area contributed by atoms with Crippen LogP contribution < -0.4 is 10.6 Å².